The van der Waals surface area contributed by atoms with E-state index in [1.54, 1.807) is 19.9 Å². The number of likely N-dealkylation sites (tertiary alicyclic amines) is 1. The van der Waals surface area contributed by atoms with Crippen molar-refractivity contribution in [1.29, 1.82) is 0 Å². The highest BCUT2D eigenvalue weighted by Gasteiger charge is 2.34. The lowest BCUT2D eigenvalue weighted by Gasteiger charge is -2.24. The van der Waals surface area contributed by atoms with Crippen LogP contribution >= 0.6 is 23.2 Å². The van der Waals surface area contributed by atoms with Crippen LogP contribution in [0.5, 0.6) is 0 Å². The zero-order chi connectivity index (χ0) is 19.3. The summed E-state index contributed by atoms with van der Waals surface area (Å²) in [4.78, 5) is 38.2. The first-order chi connectivity index (χ1) is 12.3. The SMILES string of the molecule is CC(C)OC(=O)CCNC(=O)C1CCCN1C(=O)c1cc(Cl)cc(Cl)c1. The van der Waals surface area contributed by atoms with Crippen molar-refractivity contribution < 1.29 is 19.1 Å². The maximum absolute atomic E-state index is 12.7. The third-order valence-corrected chi connectivity index (χ3v) is 4.36. The van der Waals surface area contributed by atoms with Gasteiger partial charge in [-0.15, -0.1) is 0 Å². The van der Waals surface area contributed by atoms with Crippen molar-refractivity contribution >= 4 is 41.0 Å². The molecule has 1 N–H and O–H groups in total. The third-order valence-electron chi connectivity index (χ3n) is 3.92. The van der Waals surface area contributed by atoms with E-state index in [-0.39, 0.29) is 36.9 Å². The van der Waals surface area contributed by atoms with Gasteiger partial charge < -0.3 is 15.0 Å². The first kappa shape index (κ1) is 20.5. The van der Waals surface area contributed by atoms with Crippen LogP contribution in [0.25, 0.3) is 0 Å². The van der Waals surface area contributed by atoms with Gasteiger partial charge in [-0.05, 0) is 44.9 Å². The highest BCUT2D eigenvalue weighted by Crippen LogP contribution is 2.24. The van der Waals surface area contributed by atoms with Gasteiger partial charge in [-0.1, -0.05) is 23.2 Å². The monoisotopic (exact) mass is 400 g/mol. The van der Waals surface area contributed by atoms with Gasteiger partial charge in [-0.3, -0.25) is 14.4 Å². The van der Waals surface area contributed by atoms with Gasteiger partial charge in [-0.2, -0.15) is 0 Å². The summed E-state index contributed by atoms with van der Waals surface area (Å²) in [6, 6.07) is 4.04. The van der Waals surface area contributed by atoms with Crippen LogP contribution in [0.2, 0.25) is 10.0 Å². The summed E-state index contributed by atoms with van der Waals surface area (Å²) in [6.45, 7) is 4.18. The number of halogens is 2. The van der Waals surface area contributed by atoms with E-state index in [1.807, 2.05) is 0 Å². The molecule has 1 fully saturated rings. The second kappa shape index (κ2) is 9.24. The molecule has 0 saturated carbocycles. The van der Waals surface area contributed by atoms with E-state index in [0.29, 0.717) is 28.6 Å². The predicted molar refractivity (Wildman–Crippen MR) is 99.4 cm³/mol. The lowest BCUT2D eigenvalue weighted by molar-refractivity contribution is -0.147. The Morgan fingerprint density at radius 3 is 2.50 bits per heavy atom. The van der Waals surface area contributed by atoms with E-state index in [9.17, 15) is 14.4 Å². The number of nitrogens with one attached hydrogen (secondary N) is 1. The highest BCUT2D eigenvalue weighted by atomic mass is 35.5. The van der Waals surface area contributed by atoms with Crippen LogP contribution in [0.4, 0.5) is 0 Å². The zero-order valence-electron chi connectivity index (χ0n) is 14.8. The lowest BCUT2D eigenvalue weighted by atomic mass is 10.1. The maximum Gasteiger partial charge on any atom is 0.307 e. The van der Waals surface area contributed by atoms with E-state index >= 15 is 0 Å². The Bertz CT molecular complexity index is 674. The number of ether oxygens (including phenoxy) is 1. The number of hydrogen-bond donors (Lipinski definition) is 1. The van der Waals surface area contributed by atoms with E-state index in [4.69, 9.17) is 27.9 Å². The van der Waals surface area contributed by atoms with Crippen molar-refractivity contribution in [3.05, 3.63) is 33.8 Å². The second-order valence-electron chi connectivity index (χ2n) is 6.39. The van der Waals surface area contributed by atoms with Gasteiger partial charge in [0.15, 0.2) is 0 Å². The predicted octanol–water partition coefficient (Wildman–Crippen LogP) is 3.06. The van der Waals surface area contributed by atoms with E-state index in [0.717, 1.165) is 6.42 Å². The number of carbonyl (C=O) groups excluding carboxylic acids is 3. The van der Waals surface area contributed by atoms with Crippen molar-refractivity contribution in [3.63, 3.8) is 0 Å². The smallest absolute Gasteiger partial charge is 0.307 e. The summed E-state index contributed by atoms with van der Waals surface area (Å²) >= 11 is 11.9. The average molecular weight is 401 g/mol. The summed E-state index contributed by atoms with van der Waals surface area (Å²) in [7, 11) is 0. The van der Waals surface area contributed by atoms with Crippen molar-refractivity contribution in [2.45, 2.75) is 45.3 Å². The largest absolute Gasteiger partial charge is 0.463 e. The molecule has 0 aliphatic carbocycles. The molecule has 0 spiro atoms. The van der Waals surface area contributed by atoms with Crippen molar-refractivity contribution in [2.24, 2.45) is 0 Å². The topological polar surface area (TPSA) is 75.7 Å². The van der Waals surface area contributed by atoms with Crippen molar-refractivity contribution in [2.75, 3.05) is 13.1 Å². The molecule has 2 rings (SSSR count). The minimum Gasteiger partial charge on any atom is -0.463 e. The number of amides is 2. The lowest BCUT2D eigenvalue weighted by Crippen LogP contribution is -2.46. The number of rotatable bonds is 6. The van der Waals surface area contributed by atoms with Crippen LogP contribution in [0.1, 0.15) is 43.5 Å². The fraction of sp³-hybridized carbons (Fsp3) is 0.500. The molecule has 1 atom stereocenters. The van der Waals surface area contributed by atoms with Gasteiger partial charge in [0.25, 0.3) is 5.91 Å². The van der Waals surface area contributed by atoms with Gasteiger partial charge in [-0.25, -0.2) is 0 Å². The Morgan fingerprint density at radius 1 is 1.23 bits per heavy atom. The van der Waals surface area contributed by atoms with Gasteiger partial charge >= 0.3 is 5.97 Å². The van der Waals surface area contributed by atoms with E-state index in [2.05, 4.69) is 5.32 Å². The Morgan fingerprint density at radius 2 is 1.88 bits per heavy atom. The van der Waals surface area contributed by atoms with Gasteiger partial charge in [0.1, 0.15) is 6.04 Å². The fourth-order valence-electron chi connectivity index (χ4n) is 2.85. The van der Waals surface area contributed by atoms with E-state index < -0.39 is 6.04 Å². The number of benzene rings is 1. The minimum atomic E-state index is -0.568. The minimum absolute atomic E-state index is 0.0918. The summed E-state index contributed by atoms with van der Waals surface area (Å²) in [5, 5.41) is 3.43. The van der Waals surface area contributed by atoms with Gasteiger partial charge in [0, 0.05) is 28.7 Å². The quantitative estimate of drug-likeness (QED) is 0.744. The third kappa shape index (κ3) is 5.61. The Labute approximate surface area is 162 Å². The molecule has 2 amide bonds. The molecule has 1 aromatic carbocycles. The Hall–Kier alpha value is -1.79. The number of esters is 1. The zero-order valence-corrected chi connectivity index (χ0v) is 16.3. The maximum atomic E-state index is 12.7. The number of nitrogens with zero attached hydrogens (tertiary/aromatic N) is 1. The van der Waals surface area contributed by atoms with Crippen LogP contribution < -0.4 is 5.32 Å². The van der Waals surface area contributed by atoms with Crippen molar-refractivity contribution in [1.82, 2.24) is 10.2 Å². The fourth-order valence-corrected chi connectivity index (χ4v) is 3.38. The molecule has 0 radical (unpaired) electrons. The molecule has 26 heavy (non-hydrogen) atoms. The van der Waals surface area contributed by atoms with Crippen LogP contribution in [0.15, 0.2) is 18.2 Å². The number of carbonyl (C=O) groups is 3. The molecular formula is C18H22Cl2N2O4. The molecule has 1 saturated heterocycles. The van der Waals surface area contributed by atoms with Gasteiger partial charge in [0.2, 0.25) is 5.91 Å². The standard InChI is InChI=1S/C18H22Cl2N2O4/c1-11(2)26-16(23)5-6-21-17(24)15-4-3-7-22(15)18(25)12-8-13(19)10-14(20)9-12/h8-11,15H,3-7H2,1-2H3,(H,21,24). The van der Waals surface area contributed by atoms with E-state index in [1.165, 1.54) is 17.0 Å². The molecular weight excluding hydrogens is 379 g/mol. The Kier molecular flexibility index (Phi) is 7.29. The molecule has 1 heterocycles. The summed E-state index contributed by atoms with van der Waals surface area (Å²) in [5.74, 6) is -0.930. The molecule has 1 aliphatic rings. The molecule has 8 heteroatoms. The first-order valence-electron chi connectivity index (χ1n) is 8.52. The first-order valence-corrected chi connectivity index (χ1v) is 9.27. The van der Waals surface area contributed by atoms with Crippen LogP contribution in [-0.2, 0) is 14.3 Å². The molecule has 0 bridgehead atoms. The molecule has 1 aliphatic heterocycles. The van der Waals surface area contributed by atoms with Crippen LogP contribution in [0.3, 0.4) is 0 Å². The molecule has 0 aromatic heterocycles. The Balaban J connectivity index is 1.95. The second-order valence-corrected chi connectivity index (χ2v) is 7.27. The summed E-state index contributed by atoms with van der Waals surface area (Å²) in [5.41, 5.74) is 0.350. The normalized spacial score (nSPS) is 16.7. The van der Waals surface area contributed by atoms with Crippen LogP contribution in [0, 0.1) is 0 Å². The van der Waals surface area contributed by atoms with Crippen molar-refractivity contribution in [3.8, 4) is 0 Å². The average Bonchev–Trinajstić information content (AvgIpc) is 3.02. The molecule has 1 aromatic rings. The number of hydrogen-bond acceptors (Lipinski definition) is 4. The molecule has 142 valence electrons. The summed E-state index contributed by atoms with van der Waals surface area (Å²) in [6.07, 6.45) is 1.20. The van der Waals surface area contributed by atoms with Gasteiger partial charge in [0.05, 0.1) is 12.5 Å². The molecule has 6 nitrogen and oxygen atoms in total. The highest BCUT2D eigenvalue weighted by molar-refractivity contribution is 6.35. The van der Waals surface area contributed by atoms with Crippen LogP contribution in [-0.4, -0.2) is 47.9 Å². The summed E-state index contributed by atoms with van der Waals surface area (Å²) < 4.78 is 5.02. The molecule has 1 unspecified atom stereocenters.